The van der Waals surface area contributed by atoms with Gasteiger partial charge in [0.05, 0.1) is 12.8 Å². The molecule has 5 nitrogen and oxygen atoms in total. The van der Waals surface area contributed by atoms with Crippen LogP contribution in [0.15, 0.2) is 47.5 Å². The quantitative estimate of drug-likeness (QED) is 0.563. The van der Waals surface area contributed by atoms with Crippen molar-refractivity contribution in [1.29, 1.82) is 0 Å². The van der Waals surface area contributed by atoms with Gasteiger partial charge in [0.15, 0.2) is 17.6 Å². The number of carbonyl (C=O) groups is 1. The zero-order chi connectivity index (χ0) is 22.3. The third-order valence-corrected chi connectivity index (χ3v) is 7.74. The van der Waals surface area contributed by atoms with Gasteiger partial charge < -0.3 is 14.6 Å². The molecule has 0 heterocycles. The Morgan fingerprint density at radius 2 is 1.69 bits per heavy atom. The summed E-state index contributed by atoms with van der Waals surface area (Å²) in [5.74, 6) is 2.63. The number of aliphatic imine (C=N–C) groups is 1. The summed E-state index contributed by atoms with van der Waals surface area (Å²) < 4.78 is 11.0. The van der Waals surface area contributed by atoms with E-state index in [1.807, 2.05) is 12.1 Å². The summed E-state index contributed by atoms with van der Waals surface area (Å²) in [6, 6.07) is 14.2. The average Bonchev–Trinajstić information content (AvgIpc) is 2.77. The van der Waals surface area contributed by atoms with Gasteiger partial charge in [0.25, 0.3) is 0 Å². The molecule has 1 N–H and O–H groups in total. The van der Waals surface area contributed by atoms with Crippen molar-refractivity contribution in [3.05, 3.63) is 53.6 Å². The molecule has 2 aromatic rings. The summed E-state index contributed by atoms with van der Waals surface area (Å²) in [5, 5.41) is 9.22. The maximum absolute atomic E-state index is 11.3. The number of aliphatic carboxylic acids is 1. The summed E-state index contributed by atoms with van der Waals surface area (Å²) in [5.41, 5.74) is 3.43. The van der Waals surface area contributed by atoms with E-state index in [2.05, 4.69) is 29.3 Å². The van der Waals surface area contributed by atoms with Gasteiger partial charge in [-0.1, -0.05) is 18.2 Å². The summed E-state index contributed by atoms with van der Waals surface area (Å²) in [6.07, 6.45) is 9.15. The Labute approximate surface area is 189 Å². The number of carboxylic acid groups (broad SMARTS) is 1. The van der Waals surface area contributed by atoms with Gasteiger partial charge in [-0.3, -0.25) is 4.99 Å². The highest BCUT2D eigenvalue weighted by molar-refractivity contribution is 5.87. The number of para-hydroxylation sites is 1. The van der Waals surface area contributed by atoms with E-state index in [-0.39, 0.29) is 0 Å². The molecule has 6 rings (SSSR count). The van der Waals surface area contributed by atoms with Crippen molar-refractivity contribution in [3.63, 3.8) is 0 Å². The Bertz CT molecular complexity index is 991. The minimum Gasteiger partial charge on any atom is -0.493 e. The minimum absolute atomic E-state index is 0.387. The molecule has 168 valence electrons. The predicted molar refractivity (Wildman–Crippen MR) is 124 cm³/mol. The van der Waals surface area contributed by atoms with Crippen molar-refractivity contribution in [2.75, 3.05) is 7.11 Å². The molecule has 0 aromatic heterocycles. The molecule has 0 unspecified atom stereocenters. The third-order valence-electron chi connectivity index (χ3n) is 7.74. The van der Waals surface area contributed by atoms with Crippen LogP contribution in [0.1, 0.15) is 56.6 Å². The Morgan fingerprint density at radius 3 is 2.25 bits per heavy atom. The van der Waals surface area contributed by atoms with Gasteiger partial charge in [-0.15, -0.1) is 0 Å². The first-order valence-electron chi connectivity index (χ1n) is 11.7. The molecular formula is C27H31NO4. The summed E-state index contributed by atoms with van der Waals surface area (Å²) in [7, 11) is 1.54. The number of carboxylic acids is 1. The van der Waals surface area contributed by atoms with Crippen molar-refractivity contribution in [2.45, 2.75) is 57.0 Å². The van der Waals surface area contributed by atoms with Crippen molar-refractivity contribution in [1.82, 2.24) is 0 Å². The summed E-state index contributed by atoms with van der Waals surface area (Å²) in [4.78, 5) is 15.9. The van der Waals surface area contributed by atoms with Gasteiger partial charge in [0, 0.05) is 11.8 Å². The third kappa shape index (κ3) is 3.89. The van der Waals surface area contributed by atoms with Crippen LogP contribution in [0, 0.1) is 17.8 Å². The minimum atomic E-state index is -1.03. The van der Waals surface area contributed by atoms with E-state index in [0.717, 1.165) is 23.4 Å². The lowest BCUT2D eigenvalue weighted by Gasteiger charge is -2.57. The Hall–Kier alpha value is -2.82. The second kappa shape index (κ2) is 8.27. The van der Waals surface area contributed by atoms with Gasteiger partial charge in [-0.25, -0.2) is 4.79 Å². The molecule has 4 bridgehead atoms. The summed E-state index contributed by atoms with van der Waals surface area (Å²) in [6.45, 7) is 1.50. The Morgan fingerprint density at radius 1 is 1.06 bits per heavy atom. The lowest BCUT2D eigenvalue weighted by molar-refractivity contribution is -0.144. The Kier molecular flexibility index (Phi) is 5.44. The zero-order valence-corrected chi connectivity index (χ0v) is 18.8. The first-order valence-corrected chi connectivity index (χ1v) is 11.7. The SMILES string of the molecule is COc1cccc(C=Nc2ccc(C34CC5CC(CC(C5)C3)C4)cc2)c1O[C@H](C)C(=O)O. The van der Waals surface area contributed by atoms with Crippen LogP contribution in [0.4, 0.5) is 5.69 Å². The molecule has 0 saturated heterocycles. The molecular weight excluding hydrogens is 402 g/mol. The molecule has 0 aliphatic heterocycles. The van der Waals surface area contributed by atoms with E-state index in [1.165, 1.54) is 58.1 Å². The topological polar surface area (TPSA) is 68.1 Å². The number of hydrogen-bond donors (Lipinski definition) is 1. The number of methoxy groups -OCH3 is 1. The number of hydrogen-bond acceptors (Lipinski definition) is 4. The van der Waals surface area contributed by atoms with Crippen molar-refractivity contribution in [3.8, 4) is 11.5 Å². The van der Waals surface area contributed by atoms with E-state index in [9.17, 15) is 9.90 Å². The van der Waals surface area contributed by atoms with Gasteiger partial charge in [-0.2, -0.15) is 0 Å². The van der Waals surface area contributed by atoms with E-state index < -0.39 is 12.1 Å². The number of nitrogens with zero attached hydrogens (tertiary/aromatic N) is 1. The monoisotopic (exact) mass is 433 g/mol. The molecule has 4 fully saturated rings. The number of benzene rings is 2. The highest BCUT2D eigenvalue weighted by Gasteiger charge is 2.51. The van der Waals surface area contributed by atoms with Gasteiger partial charge >= 0.3 is 5.97 Å². The maximum Gasteiger partial charge on any atom is 0.344 e. The summed E-state index contributed by atoms with van der Waals surface area (Å²) >= 11 is 0. The largest absolute Gasteiger partial charge is 0.493 e. The molecule has 2 aromatic carbocycles. The second-order valence-electron chi connectivity index (χ2n) is 9.98. The van der Waals surface area contributed by atoms with Crippen LogP contribution >= 0.6 is 0 Å². The van der Waals surface area contributed by atoms with Crippen molar-refractivity contribution < 1.29 is 19.4 Å². The highest BCUT2D eigenvalue weighted by atomic mass is 16.5. The normalized spacial score (nSPS) is 29.2. The standard InChI is InChI=1S/C27H31NO4/c1-17(26(29)30)32-25-21(4-3-5-24(25)31-2)16-28-23-8-6-22(7-9-23)27-13-18-10-19(14-27)12-20(11-18)15-27/h3-9,16-20H,10-15H2,1-2H3,(H,29,30)/t17-,18?,19?,20?,27?/m1/s1. The average molecular weight is 434 g/mol. The van der Waals surface area contributed by atoms with Crippen LogP contribution in [0.25, 0.3) is 0 Å². The molecule has 0 amide bonds. The van der Waals surface area contributed by atoms with E-state index in [4.69, 9.17) is 9.47 Å². The molecule has 5 heteroatoms. The van der Waals surface area contributed by atoms with E-state index in [1.54, 1.807) is 12.3 Å². The lowest BCUT2D eigenvalue weighted by Crippen LogP contribution is -2.48. The van der Waals surface area contributed by atoms with E-state index >= 15 is 0 Å². The van der Waals surface area contributed by atoms with Crippen LogP contribution in [-0.2, 0) is 10.2 Å². The molecule has 0 radical (unpaired) electrons. The number of ether oxygens (including phenoxy) is 2. The first-order chi connectivity index (χ1) is 15.5. The Balaban J connectivity index is 1.36. The van der Waals surface area contributed by atoms with Crippen LogP contribution in [0.5, 0.6) is 11.5 Å². The second-order valence-corrected chi connectivity index (χ2v) is 9.98. The van der Waals surface area contributed by atoms with Crippen LogP contribution in [0.3, 0.4) is 0 Å². The van der Waals surface area contributed by atoms with Crippen LogP contribution in [-0.4, -0.2) is 30.5 Å². The fourth-order valence-electron chi connectivity index (χ4n) is 6.66. The van der Waals surface area contributed by atoms with Crippen molar-refractivity contribution >= 4 is 17.9 Å². The molecule has 4 aliphatic rings. The fourth-order valence-corrected chi connectivity index (χ4v) is 6.66. The zero-order valence-electron chi connectivity index (χ0n) is 18.8. The molecule has 32 heavy (non-hydrogen) atoms. The fraction of sp³-hybridized carbons (Fsp3) is 0.481. The first kappa shape index (κ1) is 21.0. The smallest absolute Gasteiger partial charge is 0.344 e. The van der Waals surface area contributed by atoms with Crippen LogP contribution < -0.4 is 9.47 Å². The molecule has 4 saturated carbocycles. The van der Waals surface area contributed by atoms with Gasteiger partial charge in [-0.05, 0) is 98.4 Å². The molecule has 4 aliphatic carbocycles. The van der Waals surface area contributed by atoms with Crippen LogP contribution in [0.2, 0.25) is 0 Å². The predicted octanol–water partition coefficient (Wildman–Crippen LogP) is 5.77. The maximum atomic E-state index is 11.3. The molecule has 0 spiro atoms. The van der Waals surface area contributed by atoms with Crippen molar-refractivity contribution in [2.24, 2.45) is 22.7 Å². The van der Waals surface area contributed by atoms with E-state index in [0.29, 0.717) is 22.5 Å². The molecule has 1 atom stereocenters. The highest BCUT2D eigenvalue weighted by Crippen LogP contribution is 2.60. The number of rotatable bonds is 7. The lowest BCUT2D eigenvalue weighted by atomic mass is 9.48. The van der Waals surface area contributed by atoms with Gasteiger partial charge in [0.1, 0.15) is 0 Å². The van der Waals surface area contributed by atoms with Gasteiger partial charge in [0.2, 0.25) is 0 Å².